The maximum atomic E-state index is 13.9. The second kappa shape index (κ2) is 6.26. The maximum absolute atomic E-state index is 13.9. The van der Waals surface area contributed by atoms with Gasteiger partial charge in [-0.05, 0) is 23.6 Å². The molecule has 0 saturated heterocycles. The van der Waals surface area contributed by atoms with E-state index in [0.29, 0.717) is 6.54 Å². The van der Waals surface area contributed by atoms with Crippen molar-refractivity contribution >= 4 is 17.3 Å². The van der Waals surface area contributed by atoms with Crippen molar-refractivity contribution in [2.24, 2.45) is 5.73 Å². The summed E-state index contributed by atoms with van der Waals surface area (Å²) in [6, 6.07) is 12.4. The van der Waals surface area contributed by atoms with Crippen molar-refractivity contribution in [1.82, 2.24) is 0 Å². The van der Waals surface area contributed by atoms with E-state index in [4.69, 9.17) is 11.5 Å². The number of nitrogens with two attached hydrogens (primary N) is 2. The van der Waals surface area contributed by atoms with Gasteiger partial charge in [-0.3, -0.25) is 4.79 Å². The van der Waals surface area contributed by atoms with Crippen LogP contribution in [0.4, 0.5) is 15.8 Å². The SMILES string of the molecule is CC(CNc1cc(C(N)=O)c(N)cc1F)c1ccccc1. The molecule has 2 aromatic carbocycles. The molecule has 1 atom stereocenters. The van der Waals surface area contributed by atoms with Crippen LogP contribution < -0.4 is 16.8 Å². The lowest BCUT2D eigenvalue weighted by atomic mass is 10.0. The lowest BCUT2D eigenvalue weighted by Gasteiger charge is -2.15. The number of nitrogens with one attached hydrogen (secondary N) is 1. The largest absolute Gasteiger partial charge is 0.398 e. The van der Waals surface area contributed by atoms with Crippen molar-refractivity contribution in [3.05, 3.63) is 59.4 Å². The maximum Gasteiger partial charge on any atom is 0.250 e. The zero-order chi connectivity index (χ0) is 15.4. The molecule has 0 radical (unpaired) electrons. The highest BCUT2D eigenvalue weighted by Crippen LogP contribution is 2.23. The van der Waals surface area contributed by atoms with Crippen LogP contribution in [0.3, 0.4) is 0 Å². The third-order valence-corrected chi connectivity index (χ3v) is 3.37. The van der Waals surface area contributed by atoms with Crippen LogP contribution in [0.2, 0.25) is 0 Å². The van der Waals surface area contributed by atoms with Crippen molar-refractivity contribution < 1.29 is 9.18 Å². The van der Waals surface area contributed by atoms with Crippen molar-refractivity contribution in [3.63, 3.8) is 0 Å². The Labute approximate surface area is 123 Å². The molecule has 1 unspecified atom stereocenters. The smallest absolute Gasteiger partial charge is 0.250 e. The molecule has 4 nitrogen and oxygen atoms in total. The summed E-state index contributed by atoms with van der Waals surface area (Å²) >= 11 is 0. The van der Waals surface area contributed by atoms with Crippen LogP contribution in [0.5, 0.6) is 0 Å². The van der Waals surface area contributed by atoms with E-state index in [1.54, 1.807) is 0 Å². The molecule has 110 valence electrons. The summed E-state index contributed by atoms with van der Waals surface area (Å²) in [5.41, 5.74) is 12.3. The van der Waals surface area contributed by atoms with E-state index in [2.05, 4.69) is 5.32 Å². The minimum atomic E-state index is -0.674. The summed E-state index contributed by atoms with van der Waals surface area (Å²) in [4.78, 5) is 11.2. The Morgan fingerprint density at radius 1 is 1.29 bits per heavy atom. The van der Waals surface area contributed by atoms with Crippen LogP contribution in [-0.2, 0) is 0 Å². The van der Waals surface area contributed by atoms with E-state index in [1.165, 1.54) is 6.07 Å². The molecular weight excluding hydrogens is 269 g/mol. The Kier molecular flexibility index (Phi) is 4.42. The minimum Gasteiger partial charge on any atom is -0.398 e. The normalized spacial score (nSPS) is 11.9. The lowest BCUT2D eigenvalue weighted by molar-refractivity contribution is 0.100. The fraction of sp³-hybridized carbons (Fsp3) is 0.188. The molecule has 0 saturated carbocycles. The van der Waals surface area contributed by atoms with Gasteiger partial charge in [0.1, 0.15) is 5.82 Å². The number of hydrogen-bond donors (Lipinski definition) is 3. The first-order chi connectivity index (χ1) is 9.99. The van der Waals surface area contributed by atoms with Gasteiger partial charge in [0.25, 0.3) is 5.91 Å². The molecule has 2 aromatic rings. The predicted octanol–water partition coefficient (Wildman–Crippen LogP) is 2.72. The molecule has 0 fully saturated rings. The quantitative estimate of drug-likeness (QED) is 0.740. The summed E-state index contributed by atoms with van der Waals surface area (Å²) < 4.78 is 13.9. The molecule has 0 aromatic heterocycles. The number of carbonyl (C=O) groups excluding carboxylic acids is 1. The number of anilines is 2. The first kappa shape index (κ1) is 14.8. The summed E-state index contributed by atoms with van der Waals surface area (Å²) in [6.07, 6.45) is 0. The third-order valence-electron chi connectivity index (χ3n) is 3.37. The van der Waals surface area contributed by atoms with Gasteiger partial charge in [0, 0.05) is 12.2 Å². The Bertz CT molecular complexity index is 643. The van der Waals surface area contributed by atoms with E-state index in [9.17, 15) is 9.18 Å². The fourth-order valence-corrected chi connectivity index (χ4v) is 2.10. The highest BCUT2D eigenvalue weighted by atomic mass is 19.1. The van der Waals surface area contributed by atoms with Crippen LogP contribution in [0.25, 0.3) is 0 Å². The molecule has 5 N–H and O–H groups in total. The van der Waals surface area contributed by atoms with E-state index >= 15 is 0 Å². The van der Waals surface area contributed by atoms with E-state index in [-0.39, 0.29) is 22.9 Å². The number of rotatable bonds is 5. The van der Waals surface area contributed by atoms with Gasteiger partial charge in [0.2, 0.25) is 0 Å². The fourth-order valence-electron chi connectivity index (χ4n) is 2.10. The van der Waals surface area contributed by atoms with Crippen molar-refractivity contribution in [2.75, 3.05) is 17.6 Å². The van der Waals surface area contributed by atoms with Crippen LogP contribution in [-0.4, -0.2) is 12.5 Å². The molecule has 0 aliphatic heterocycles. The van der Waals surface area contributed by atoms with Crippen LogP contribution in [0.1, 0.15) is 28.8 Å². The van der Waals surface area contributed by atoms with E-state index in [1.807, 2.05) is 37.3 Å². The Morgan fingerprint density at radius 2 is 1.95 bits per heavy atom. The molecule has 0 bridgehead atoms. The molecular formula is C16H18FN3O. The van der Waals surface area contributed by atoms with Crippen molar-refractivity contribution in [2.45, 2.75) is 12.8 Å². The minimum absolute atomic E-state index is 0.0432. The Balaban J connectivity index is 2.13. The molecule has 0 aliphatic rings. The van der Waals surface area contributed by atoms with Gasteiger partial charge < -0.3 is 16.8 Å². The van der Waals surface area contributed by atoms with Crippen LogP contribution in [0.15, 0.2) is 42.5 Å². The number of primary amides is 1. The molecule has 21 heavy (non-hydrogen) atoms. The zero-order valence-corrected chi connectivity index (χ0v) is 11.8. The van der Waals surface area contributed by atoms with Gasteiger partial charge in [-0.2, -0.15) is 0 Å². The monoisotopic (exact) mass is 287 g/mol. The predicted molar refractivity (Wildman–Crippen MR) is 82.7 cm³/mol. The van der Waals surface area contributed by atoms with Crippen molar-refractivity contribution in [3.8, 4) is 0 Å². The summed E-state index contributed by atoms with van der Waals surface area (Å²) in [7, 11) is 0. The Hall–Kier alpha value is -2.56. The molecule has 5 heteroatoms. The van der Waals surface area contributed by atoms with Gasteiger partial charge in [-0.15, -0.1) is 0 Å². The van der Waals surface area contributed by atoms with Crippen LogP contribution >= 0.6 is 0 Å². The average molecular weight is 287 g/mol. The van der Waals surface area contributed by atoms with Gasteiger partial charge in [0.15, 0.2) is 0 Å². The van der Waals surface area contributed by atoms with Gasteiger partial charge in [-0.1, -0.05) is 37.3 Å². The summed E-state index contributed by atoms with van der Waals surface area (Å²) in [5, 5.41) is 3.00. The molecule has 0 heterocycles. The number of carbonyl (C=O) groups is 1. The number of amides is 1. The molecule has 0 spiro atoms. The van der Waals surface area contributed by atoms with Gasteiger partial charge in [-0.25, -0.2) is 4.39 Å². The number of nitrogen functional groups attached to an aromatic ring is 1. The summed E-state index contributed by atoms with van der Waals surface area (Å²) in [6.45, 7) is 2.57. The molecule has 2 rings (SSSR count). The number of halogens is 1. The Morgan fingerprint density at radius 3 is 2.57 bits per heavy atom. The topological polar surface area (TPSA) is 81.1 Å². The van der Waals surface area contributed by atoms with E-state index in [0.717, 1.165) is 11.6 Å². The first-order valence-corrected chi connectivity index (χ1v) is 6.66. The van der Waals surface area contributed by atoms with Gasteiger partial charge >= 0.3 is 0 Å². The second-order valence-corrected chi connectivity index (χ2v) is 4.98. The molecule has 0 aliphatic carbocycles. The highest BCUT2D eigenvalue weighted by Gasteiger charge is 2.13. The zero-order valence-electron chi connectivity index (χ0n) is 11.8. The number of benzene rings is 2. The average Bonchev–Trinajstić information content (AvgIpc) is 2.46. The summed E-state index contributed by atoms with van der Waals surface area (Å²) in [5.74, 6) is -0.982. The third kappa shape index (κ3) is 3.51. The van der Waals surface area contributed by atoms with Crippen molar-refractivity contribution in [1.29, 1.82) is 0 Å². The first-order valence-electron chi connectivity index (χ1n) is 6.66. The van der Waals surface area contributed by atoms with Gasteiger partial charge in [0.05, 0.1) is 11.3 Å². The number of hydrogen-bond acceptors (Lipinski definition) is 3. The standard InChI is InChI=1S/C16H18FN3O/c1-10(11-5-3-2-4-6-11)9-20-15-7-12(16(19)21)14(18)8-13(15)17/h2-8,10,20H,9,18H2,1H3,(H2,19,21). The van der Waals surface area contributed by atoms with E-state index < -0.39 is 11.7 Å². The lowest BCUT2D eigenvalue weighted by Crippen LogP contribution is -2.16. The molecule has 1 amide bonds. The van der Waals surface area contributed by atoms with Crippen LogP contribution in [0, 0.1) is 5.82 Å². The highest BCUT2D eigenvalue weighted by molar-refractivity contribution is 5.99. The second-order valence-electron chi connectivity index (χ2n) is 4.98.